The number of aliphatic hydroxyl groups is 2. The van der Waals surface area contributed by atoms with Gasteiger partial charge in [-0.25, -0.2) is 14.6 Å². The van der Waals surface area contributed by atoms with E-state index in [1.807, 2.05) is 24.8 Å². The second-order valence-electron chi connectivity index (χ2n) is 27.4. The number of nitrogens with one attached hydrogen (secondary N) is 10. The van der Waals surface area contributed by atoms with Crippen molar-refractivity contribution in [1.82, 2.24) is 62.7 Å². The van der Waals surface area contributed by atoms with Crippen LogP contribution in [0, 0.1) is 17.8 Å². The van der Waals surface area contributed by atoms with Gasteiger partial charge in [0.15, 0.2) is 11.3 Å². The number of imidazole rings is 1. The molecule has 0 aliphatic carbocycles. The number of H-pyrrole nitrogens is 1. The highest BCUT2D eigenvalue weighted by Gasteiger charge is 2.37. The average Bonchev–Trinajstić information content (AvgIpc) is 0.815. The average molecular weight is 1490 g/mol. The van der Waals surface area contributed by atoms with E-state index in [4.69, 9.17) is 30.1 Å². The number of aromatic nitrogens is 2. The Labute approximate surface area is 613 Å². The fourth-order valence-corrected chi connectivity index (χ4v) is 11.7. The Morgan fingerprint density at radius 3 is 1.57 bits per heavy atom. The molecule has 0 spiro atoms. The van der Waals surface area contributed by atoms with Crippen LogP contribution in [0.4, 0.5) is 10.7 Å². The molecule has 582 valence electrons. The summed E-state index contributed by atoms with van der Waals surface area (Å²) in [4.78, 5) is 188. The number of rotatable bonds is 42. The highest BCUT2D eigenvalue weighted by Crippen LogP contribution is 2.31. The van der Waals surface area contributed by atoms with Crippen LogP contribution in [0.25, 0.3) is 22.1 Å². The number of fused-ring (bicyclic) bond motifs is 1. The molecule has 11 amide bonds. The molecule has 0 saturated carbocycles. The van der Waals surface area contributed by atoms with Gasteiger partial charge in [-0.15, -0.1) is 0 Å². The largest absolute Gasteiger partial charge is 0.481 e. The fourth-order valence-electron chi connectivity index (χ4n) is 11.7. The summed E-state index contributed by atoms with van der Waals surface area (Å²) in [6.07, 6.45) is 1.02. The van der Waals surface area contributed by atoms with Crippen molar-refractivity contribution in [3.8, 4) is 11.1 Å². The van der Waals surface area contributed by atoms with E-state index in [-0.39, 0.29) is 113 Å². The predicted molar refractivity (Wildman–Crippen MR) is 384 cm³/mol. The second-order valence-corrected chi connectivity index (χ2v) is 27.4. The van der Waals surface area contributed by atoms with Gasteiger partial charge in [0.1, 0.15) is 66.6 Å². The standard InChI is InChI=1S/C71H103N15O20/c1-40(2)30-51(65(96)77-49(17-19-58(73)90)64(95)81-54(32-42(5)6)70(101)105-38-43-13-15-44(16-14-43)46-10-9-11-47-57(89)34-59(106-61(46)47)85-22-26-103-27-23-85)79-62(93)48(12-7-8-21-72)76-68(99)55(36-87)83-69(100)56(37-88)82-67(98)53(33-45-35-74-39-75-45)80-63(94)50(18-20-60(91)92)78-66(97)52(31-41(3)4)84-71(102)86-24-28-104-29-25-86/h9-11,13-16,34-35,39-42,48-56,87-88H,7-8,12,17-33,36-38,72H2,1-6H3,(H2,73,90)(H,74,75)(H,76,99)(H,77,96)(H,78,97)(H,79,93)(H,80,94)(H,81,95)(H,82,98)(H,83,100)(H,84,102)(H,91,92)/t48-,49-,50-,51-,52-,53-,54-,55-,56-/m0/s1. The molecule has 6 rings (SSSR count). The summed E-state index contributed by atoms with van der Waals surface area (Å²) in [6.45, 7) is 11.6. The van der Waals surface area contributed by atoms with Crippen molar-refractivity contribution in [1.29, 1.82) is 0 Å². The highest BCUT2D eigenvalue weighted by molar-refractivity contribution is 5.99. The molecular weight excluding hydrogens is 1380 g/mol. The molecule has 2 aliphatic heterocycles. The Morgan fingerprint density at radius 1 is 0.575 bits per heavy atom. The van der Waals surface area contributed by atoms with Gasteiger partial charge in [0.2, 0.25) is 53.2 Å². The molecule has 17 N–H and O–H groups in total. The summed E-state index contributed by atoms with van der Waals surface area (Å²) >= 11 is 0. The molecule has 9 atom stereocenters. The van der Waals surface area contributed by atoms with Crippen LogP contribution in [0.3, 0.4) is 0 Å². The monoisotopic (exact) mass is 1490 g/mol. The van der Waals surface area contributed by atoms with E-state index in [0.717, 1.165) is 5.56 Å². The molecule has 0 bridgehead atoms. The Kier molecular flexibility index (Phi) is 34.2. The van der Waals surface area contributed by atoms with Crippen LogP contribution in [0.2, 0.25) is 0 Å². The number of hydrogen-bond acceptors (Lipinski definition) is 22. The zero-order chi connectivity index (χ0) is 77.6. The van der Waals surface area contributed by atoms with Crippen LogP contribution in [0.5, 0.6) is 0 Å². The minimum Gasteiger partial charge on any atom is -0.481 e. The van der Waals surface area contributed by atoms with E-state index in [9.17, 15) is 77.6 Å². The summed E-state index contributed by atoms with van der Waals surface area (Å²) in [5.41, 5.74) is 13.8. The molecule has 106 heavy (non-hydrogen) atoms. The number of aliphatic hydroxyl groups excluding tert-OH is 2. The lowest BCUT2D eigenvalue weighted by Gasteiger charge is -2.30. The minimum atomic E-state index is -1.89. The van der Waals surface area contributed by atoms with Crippen molar-refractivity contribution in [2.75, 3.05) is 77.3 Å². The van der Waals surface area contributed by atoms with E-state index >= 15 is 0 Å². The Balaban J connectivity index is 1.11. The number of carboxylic acid groups (broad SMARTS) is 1. The smallest absolute Gasteiger partial charge is 0.328 e. The number of ether oxygens (including phenoxy) is 3. The van der Waals surface area contributed by atoms with Gasteiger partial charge in [0, 0.05) is 69.0 Å². The molecule has 35 nitrogen and oxygen atoms in total. The van der Waals surface area contributed by atoms with Crippen LogP contribution < -0.4 is 69.6 Å². The van der Waals surface area contributed by atoms with Crippen molar-refractivity contribution in [2.45, 2.75) is 173 Å². The molecule has 4 heterocycles. The van der Waals surface area contributed by atoms with Crippen LogP contribution in [0.1, 0.15) is 117 Å². The number of unbranched alkanes of at least 4 members (excludes halogenated alkanes) is 1. The van der Waals surface area contributed by atoms with Crippen LogP contribution in [0.15, 0.2) is 70.3 Å². The molecule has 2 aromatic carbocycles. The number of carboxylic acids is 1. The van der Waals surface area contributed by atoms with E-state index in [2.05, 4.69) is 57.8 Å². The first-order valence-electron chi connectivity index (χ1n) is 35.7. The van der Waals surface area contributed by atoms with Crippen molar-refractivity contribution in [3.05, 3.63) is 82.5 Å². The number of primary amides is 1. The number of esters is 1. The number of carbonyl (C=O) groups is 12. The first-order chi connectivity index (χ1) is 50.6. The van der Waals surface area contributed by atoms with E-state index in [0.29, 0.717) is 60.7 Å². The summed E-state index contributed by atoms with van der Waals surface area (Å²) in [6, 6.07) is -0.588. The Bertz CT molecular complexity index is 3670. The van der Waals surface area contributed by atoms with Crippen molar-refractivity contribution in [2.24, 2.45) is 29.2 Å². The maximum atomic E-state index is 14.4. The molecule has 0 unspecified atom stereocenters. The molecule has 2 aliphatic rings. The summed E-state index contributed by atoms with van der Waals surface area (Å²) < 4.78 is 22.9. The maximum absolute atomic E-state index is 14.4. The minimum absolute atomic E-state index is 0.0453. The number of urea groups is 1. The molecule has 4 aromatic rings. The number of benzene rings is 2. The number of carbonyl (C=O) groups excluding carboxylic acids is 11. The number of aromatic amines is 1. The SMILES string of the molecule is CC(C)C[C@H](NC(=O)[C@H](CCCCN)NC(=O)[C@H](CO)NC(=O)[C@H](CO)NC(=O)[C@H](Cc1cnc[nH]1)NC(=O)[C@H](CCC(=O)O)NC(=O)[C@H](CC(C)C)NC(=O)N1CCOCC1)C(=O)N[C@@H](CCC(N)=O)C(=O)N[C@@H](CC(C)C)C(=O)OCc1ccc(-c2cccc3c(=O)cc(N4CCOCC4)oc23)cc1. The van der Waals surface area contributed by atoms with Crippen LogP contribution in [-0.2, 0) is 80.0 Å². The van der Waals surface area contributed by atoms with Crippen molar-refractivity contribution < 1.29 is 91.5 Å². The first-order valence-corrected chi connectivity index (χ1v) is 35.7. The van der Waals surface area contributed by atoms with Gasteiger partial charge in [-0.1, -0.05) is 77.9 Å². The maximum Gasteiger partial charge on any atom is 0.328 e. The number of anilines is 1. The zero-order valence-corrected chi connectivity index (χ0v) is 60.7. The lowest BCUT2D eigenvalue weighted by Crippen LogP contribution is -2.62. The van der Waals surface area contributed by atoms with Crippen LogP contribution >= 0.6 is 0 Å². The number of nitrogens with zero attached hydrogens (tertiary/aromatic N) is 3. The Morgan fingerprint density at radius 2 is 1.05 bits per heavy atom. The number of aliphatic carboxylic acids is 1. The van der Waals surface area contributed by atoms with Gasteiger partial charge in [-0.3, -0.25) is 52.7 Å². The molecular formula is C71H103N15O20. The summed E-state index contributed by atoms with van der Waals surface area (Å²) in [7, 11) is 0. The second kappa shape index (κ2) is 42.8. The lowest BCUT2D eigenvalue weighted by atomic mass is 10.00. The number of nitrogens with two attached hydrogens (primary N) is 2. The molecule has 2 saturated heterocycles. The van der Waals surface area contributed by atoms with Crippen LogP contribution in [-0.4, -0.2) is 228 Å². The number of hydrogen-bond donors (Lipinski definition) is 15. The lowest BCUT2D eigenvalue weighted by molar-refractivity contribution is -0.150. The van der Waals surface area contributed by atoms with E-state index < -0.39 is 158 Å². The van der Waals surface area contributed by atoms with Gasteiger partial charge in [-0.2, -0.15) is 0 Å². The summed E-state index contributed by atoms with van der Waals surface area (Å²) in [5, 5.41) is 53.7. The normalized spacial score (nSPS) is 15.7. The number of morpholine rings is 2. The van der Waals surface area contributed by atoms with Gasteiger partial charge in [-0.05, 0) is 92.9 Å². The topological polar surface area (TPSA) is 519 Å². The van der Waals surface area contributed by atoms with Crippen molar-refractivity contribution in [3.63, 3.8) is 0 Å². The molecule has 0 radical (unpaired) electrons. The van der Waals surface area contributed by atoms with Gasteiger partial charge >= 0.3 is 18.0 Å². The van der Waals surface area contributed by atoms with Gasteiger partial charge in [0.05, 0.1) is 51.4 Å². The van der Waals surface area contributed by atoms with E-state index in [1.165, 1.54) is 23.5 Å². The third-order valence-corrected chi connectivity index (χ3v) is 17.4. The highest BCUT2D eigenvalue weighted by atomic mass is 16.5. The quantitative estimate of drug-likeness (QED) is 0.0186. The fraction of sp³-hybridized carbons (Fsp3) is 0.577. The number of para-hydroxylation sites is 1. The zero-order valence-electron chi connectivity index (χ0n) is 60.7. The summed E-state index contributed by atoms with van der Waals surface area (Å²) in [5.74, 6) is -11.2. The molecule has 35 heteroatoms. The number of amides is 11. The third-order valence-electron chi connectivity index (χ3n) is 17.4. The van der Waals surface area contributed by atoms with Gasteiger partial charge < -0.3 is 108 Å². The molecule has 2 fully saturated rings. The van der Waals surface area contributed by atoms with Crippen molar-refractivity contribution >= 4 is 88.0 Å². The van der Waals surface area contributed by atoms with Gasteiger partial charge in [0.25, 0.3) is 0 Å². The predicted octanol–water partition coefficient (Wildman–Crippen LogP) is -1.02. The Hall–Kier alpha value is -10.1. The third kappa shape index (κ3) is 27.1. The van der Waals surface area contributed by atoms with E-state index in [1.54, 1.807) is 64.1 Å². The first kappa shape index (κ1) is 84.8. The molecule has 2 aromatic heterocycles.